The second-order valence-electron chi connectivity index (χ2n) is 3.26. The van der Waals surface area contributed by atoms with E-state index in [0.29, 0.717) is 20.1 Å². The second-order valence-corrected chi connectivity index (χ2v) is 5.85. The second kappa shape index (κ2) is 5.52. The van der Waals surface area contributed by atoms with Crippen LogP contribution in [0.1, 0.15) is 16.6 Å². The fraction of sp³-hybridized carbons (Fsp3) is 0.100. The smallest absolute Gasteiger partial charge is 0.0988 e. The SMILES string of the molecule is NNC(c1ccc(Cl)s1)c1ncc(Cl)cc1Cl. The van der Waals surface area contributed by atoms with Gasteiger partial charge in [0.05, 0.1) is 26.1 Å². The predicted molar refractivity (Wildman–Crippen MR) is 72.8 cm³/mol. The van der Waals surface area contributed by atoms with E-state index in [1.54, 1.807) is 12.1 Å². The van der Waals surface area contributed by atoms with Gasteiger partial charge in [0.15, 0.2) is 0 Å². The van der Waals surface area contributed by atoms with Crippen LogP contribution in [-0.2, 0) is 0 Å². The van der Waals surface area contributed by atoms with Crippen molar-refractivity contribution in [3.05, 3.63) is 49.3 Å². The molecule has 0 aliphatic rings. The molecular weight excluding hydrogens is 301 g/mol. The van der Waals surface area contributed by atoms with Crippen molar-refractivity contribution in [2.75, 3.05) is 0 Å². The third-order valence-electron chi connectivity index (χ3n) is 2.15. The monoisotopic (exact) mass is 307 g/mol. The van der Waals surface area contributed by atoms with E-state index in [1.807, 2.05) is 6.07 Å². The minimum Gasteiger partial charge on any atom is -0.270 e. The normalized spacial score (nSPS) is 12.7. The van der Waals surface area contributed by atoms with Gasteiger partial charge in [-0.3, -0.25) is 10.8 Å². The average molecular weight is 309 g/mol. The van der Waals surface area contributed by atoms with E-state index < -0.39 is 0 Å². The fourth-order valence-corrected chi connectivity index (χ4v) is 3.03. The molecule has 17 heavy (non-hydrogen) atoms. The standard InChI is InChI=1S/C10H8Cl3N3S/c11-5-3-6(12)9(15-4-5)10(16-14)7-1-2-8(13)17-7/h1-4,10,16H,14H2. The van der Waals surface area contributed by atoms with Crippen LogP contribution in [0.4, 0.5) is 0 Å². The van der Waals surface area contributed by atoms with Gasteiger partial charge in [0, 0.05) is 11.1 Å². The minimum atomic E-state index is -0.294. The Balaban J connectivity index is 2.42. The van der Waals surface area contributed by atoms with Crippen molar-refractivity contribution in [2.24, 2.45) is 5.84 Å². The Kier molecular flexibility index (Phi) is 4.25. The minimum absolute atomic E-state index is 0.294. The zero-order valence-electron chi connectivity index (χ0n) is 8.45. The van der Waals surface area contributed by atoms with Gasteiger partial charge in [-0.25, -0.2) is 5.43 Å². The van der Waals surface area contributed by atoms with E-state index in [9.17, 15) is 0 Å². The first kappa shape index (κ1) is 13.1. The quantitative estimate of drug-likeness (QED) is 0.672. The number of hydrogen-bond acceptors (Lipinski definition) is 4. The van der Waals surface area contributed by atoms with Crippen LogP contribution in [0, 0.1) is 0 Å². The van der Waals surface area contributed by atoms with Crippen LogP contribution in [0.2, 0.25) is 14.4 Å². The topological polar surface area (TPSA) is 50.9 Å². The van der Waals surface area contributed by atoms with Gasteiger partial charge in [-0.15, -0.1) is 11.3 Å². The Bertz CT molecular complexity index is 529. The molecule has 2 rings (SSSR count). The third-order valence-corrected chi connectivity index (χ3v) is 3.96. The Morgan fingerprint density at radius 3 is 2.59 bits per heavy atom. The van der Waals surface area contributed by atoms with E-state index in [4.69, 9.17) is 40.6 Å². The molecule has 0 bridgehead atoms. The number of nitrogens with zero attached hydrogens (tertiary/aromatic N) is 1. The molecule has 2 aromatic heterocycles. The molecule has 0 aromatic carbocycles. The third kappa shape index (κ3) is 2.91. The predicted octanol–water partition coefficient (Wildman–Crippen LogP) is 3.66. The summed E-state index contributed by atoms with van der Waals surface area (Å²) in [5, 5.41) is 0.948. The molecule has 0 saturated carbocycles. The molecule has 3 nitrogen and oxygen atoms in total. The number of hydrogen-bond donors (Lipinski definition) is 2. The van der Waals surface area contributed by atoms with E-state index in [0.717, 1.165) is 4.88 Å². The summed E-state index contributed by atoms with van der Waals surface area (Å²) in [5.74, 6) is 5.53. The van der Waals surface area contributed by atoms with E-state index in [1.165, 1.54) is 17.5 Å². The maximum atomic E-state index is 6.09. The lowest BCUT2D eigenvalue weighted by atomic mass is 10.1. The van der Waals surface area contributed by atoms with Gasteiger partial charge in [0.2, 0.25) is 0 Å². The first-order valence-electron chi connectivity index (χ1n) is 4.64. The zero-order chi connectivity index (χ0) is 12.4. The van der Waals surface area contributed by atoms with Gasteiger partial charge < -0.3 is 0 Å². The van der Waals surface area contributed by atoms with Crippen molar-refractivity contribution in [3.63, 3.8) is 0 Å². The Morgan fingerprint density at radius 1 is 1.29 bits per heavy atom. The van der Waals surface area contributed by atoms with Gasteiger partial charge in [-0.05, 0) is 18.2 Å². The number of thiophene rings is 1. The average Bonchev–Trinajstić information content (AvgIpc) is 2.69. The molecule has 0 aliphatic heterocycles. The molecule has 0 saturated heterocycles. The van der Waals surface area contributed by atoms with Crippen LogP contribution in [0.25, 0.3) is 0 Å². The van der Waals surface area contributed by atoms with Gasteiger partial charge >= 0.3 is 0 Å². The molecule has 2 heterocycles. The molecule has 7 heteroatoms. The van der Waals surface area contributed by atoms with Crippen LogP contribution >= 0.6 is 46.1 Å². The Morgan fingerprint density at radius 2 is 2.06 bits per heavy atom. The Hall–Kier alpha value is -0.360. The molecule has 0 aliphatic carbocycles. The summed E-state index contributed by atoms with van der Waals surface area (Å²) in [6.07, 6.45) is 1.53. The summed E-state index contributed by atoms with van der Waals surface area (Å²) >= 11 is 19.2. The van der Waals surface area contributed by atoms with Crippen molar-refractivity contribution in [2.45, 2.75) is 6.04 Å². The molecule has 90 valence electrons. The molecular formula is C10H8Cl3N3S. The number of pyridine rings is 1. The lowest BCUT2D eigenvalue weighted by Gasteiger charge is -2.14. The maximum Gasteiger partial charge on any atom is 0.0988 e. The highest BCUT2D eigenvalue weighted by atomic mass is 35.5. The first-order chi connectivity index (χ1) is 8.11. The summed E-state index contributed by atoms with van der Waals surface area (Å²) in [6.45, 7) is 0. The van der Waals surface area contributed by atoms with Crippen molar-refractivity contribution >= 4 is 46.1 Å². The van der Waals surface area contributed by atoms with Crippen LogP contribution in [0.3, 0.4) is 0 Å². The molecule has 0 amide bonds. The summed E-state index contributed by atoms with van der Waals surface area (Å²) < 4.78 is 0.685. The molecule has 0 spiro atoms. The van der Waals surface area contributed by atoms with Gasteiger partial charge in [-0.1, -0.05) is 34.8 Å². The van der Waals surface area contributed by atoms with Crippen molar-refractivity contribution in [3.8, 4) is 0 Å². The highest BCUT2D eigenvalue weighted by molar-refractivity contribution is 7.16. The first-order valence-corrected chi connectivity index (χ1v) is 6.59. The van der Waals surface area contributed by atoms with Crippen molar-refractivity contribution in [1.29, 1.82) is 0 Å². The molecule has 1 unspecified atom stereocenters. The molecule has 1 atom stereocenters. The maximum absolute atomic E-state index is 6.09. The lowest BCUT2D eigenvalue weighted by Crippen LogP contribution is -2.29. The molecule has 0 radical (unpaired) electrons. The number of rotatable bonds is 3. The summed E-state index contributed by atoms with van der Waals surface area (Å²) in [5.41, 5.74) is 3.29. The molecule has 2 aromatic rings. The number of halogens is 3. The van der Waals surface area contributed by atoms with Crippen molar-refractivity contribution in [1.82, 2.24) is 10.4 Å². The summed E-state index contributed by atoms with van der Waals surface area (Å²) in [6, 6.07) is 5.02. The van der Waals surface area contributed by atoms with Crippen LogP contribution in [-0.4, -0.2) is 4.98 Å². The van der Waals surface area contributed by atoms with Crippen LogP contribution < -0.4 is 11.3 Å². The van der Waals surface area contributed by atoms with Gasteiger partial charge in [-0.2, -0.15) is 0 Å². The van der Waals surface area contributed by atoms with Crippen LogP contribution in [0.15, 0.2) is 24.4 Å². The number of nitrogens with one attached hydrogen (secondary N) is 1. The van der Waals surface area contributed by atoms with E-state index in [-0.39, 0.29) is 6.04 Å². The highest BCUT2D eigenvalue weighted by Gasteiger charge is 2.19. The van der Waals surface area contributed by atoms with Gasteiger partial charge in [0.25, 0.3) is 0 Å². The number of aromatic nitrogens is 1. The lowest BCUT2D eigenvalue weighted by molar-refractivity contribution is 0.630. The van der Waals surface area contributed by atoms with Crippen LogP contribution in [0.5, 0.6) is 0 Å². The molecule has 0 fully saturated rings. The summed E-state index contributed by atoms with van der Waals surface area (Å²) in [4.78, 5) is 5.13. The Labute approximate surface area is 117 Å². The zero-order valence-corrected chi connectivity index (χ0v) is 11.5. The van der Waals surface area contributed by atoms with E-state index in [2.05, 4.69) is 10.4 Å². The highest BCUT2D eigenvalue weighted by Crippen LogP contribution is 2.33. The summed E-state index contributed by atoms with van der Waals surface area (Å²) in [7, 11) is 0. The number of nitrogens with two attached hydrogens (primary N) is 1. The van der Waals surface area contributed by atoms with E-state index >= 15 is 0 Å². The van der Waals surface area contributed by atoms with Crippen molar-refractivity contribution < 1.29 is 0 Å². The number of hydrazine groups is 1. The largest absolute Gasteiger partial charge is 0.270 e. The van der Waals surface area contributed by atoms with Gasteiger partial charge in [0.1, 0.15) is 0 Å². The molecule has 3 N–H and O–H groups in total. The fourth-order valence-electron chi connectivity index (χ4n) is 1.42.